The van der Waals surface area contributed by atoms with Gasteiger partial charge in [-0.2, -0.15) is 0 Å². The first-order valence-corrected chi connectivity index (χ1v) is 7.85. The van der Waals surface area contributed by atoms with Gasteiger partial charge in [-0.1, -0.05) is 22.9 Å². The molecule has 0 saturated heterocycles. The van der Waals surface area contributed by atoms with Gasteiger partial charge >= 0.3 is 0 Å². The zero-order valence-electron chi connectivity index (χ0n) is 12.1. The standard InChI is InChI=1S/C14H7ClN4O5S/c15-9-5-7(1-4-11(9)19(23)24)13(20)17-14-16-10-3-2-8(18(21)22)6-12(10)25-14/h1-6H,(H,16,17,20). The number of anilines is 1. The number of fused-ring (bicyclic) bond motifs is 1. The lowest BCUT2D eigenvalue weighted by molar-refractivity contribution is -0.384. The monoisotopic (exact) mass is 378 g/mol. The van der Waals surface area contributed by atoms with Gasteiger partial charge in [-0.25, -0.2) is 4.98 Å². The molecule has 0 saturated carbocycles. The van der Waals surface area contributed by atoms with Crippen LogP contribution in [-0.2, 0) is 0 Å². The van der Waals surface area contributed by atoms with Crippen LogP contribution in [0.4, 0.5) is 16.5 Å². The maximum absolute atomic E-state index is 12.2. The van der Waals surface area contributed by atoms with Crippen molar-refractivity contribution in [2.75, 3.05) is 5.32 Å². The molecule has 1 N–H and O–H groups in total. The van der Waals surface area contributed by atoms with E-state index in [2.05, 4.69) is 10.3 Å². The van der Waals surface area contributed by atoms with E-state index in [1.165, 1.54) is 30.3 Å². The Labute approximate surface area is 148 Å². The first-order chi connectivity index (χ1) is 11.8. The van der Waals surface area contributed by atoms with E-state index in [0.717, 1.165) is 17.4 Å². The number of hydrogen-bond donors (Lipinski definition) is 1. The minimum Gasteiger partial charge on any atom is -0.298 e. The van der Waals surface area contributed by atoms with Gasteiger partial charge < -0.3 is 0 Å². The molecule has 126 valence electrons. The van der Waals surface area contributed by atoms with E-state index in [1.807, 2.05) is 0 Å². The molecule has 3 rings (SSSR count). The van der Waals surface area contributed by atoms with Gasteiger partial charge in [0.05, 0.1) is 20.1 Å². The minimum atomic E-state index is -0.648. The Morgan fingerprint density at radius 2 is 1.88 bits per heavy atom. The van der Waals surface area contributed by atoms with Gasteiger partial charge in [-0.3, -0.25) is 30.3 Å². The van der Waals surface area contributed by atoms with Crippen molar-refractivity contribution in [1.29, 1.82) is 0 Å². The summed E-state index contributed by atoms with van der Waals surface area (Å²) in [5.74, 6) is -0.551. The Balaban J connectivity index is 1.85. The number of hydrogen-bond acceptors (Lipinski definition) is 7. The van der Waals surface area contributed by atoms with Crippen LogP contribution < -0.4 is 5.32 Å². The molecule has 0 aliphatic carbocycles. The molecular weight excluding hydrogens is 372 g/mol. The predicted octanol–water partition coefficient (Wildman–Crippen LogP) is 4.02. The molecule has 2 aromatic carbocycles. The molecule has 11 heteroatoms. The first kappa shape index (κ1) is 16.7. The highest BCUT2D eigenvalue weighted by molar-refractivity contribution is 7.22. The Kier molecular flexibility index (Phi) is 4.30. The SMILES string of the molecule is O=C(Nc1nc2ccc([N+](=O)[O-])cc2s1)c1ccc([N+](=O)[O-])c(Cl)c1. The summed E-state index contributed by atoms with van der Waals surface area (Å²) in [6, 6.07) is 7.78. The smallest absolute Gasteiger partial charge is 0.287 e. The maximum atomic E-state index is 12.2. The average molecular weight is 379 g/mol. The van der Waals surface area contributed by atoms with E-state index < -0.39 is 15.8 Å². The van der Waals surface area contributed by atoms with Crippen molar-refractivity contribution in [2.24, 2.45) is 0 Å². The molecule has 0 unspecified atom stereocenters. The van der Waals surface area contributed by atoms with Crippen LogP contribution in [0.3, 0.4) is 0 Å². The fourth-order valence-corrected chi connectivity index (χ4v) is 3.19. The number of nitrogens with zero attached hydrogens (tertiary/aromatic N) is 3. The average Bonchev–Trinajstić information content (AvgIpc) is 2.95. The van der Waals surface area contributed by atoms with Crippen molar-refractivity contribution in [3.05, 3.63) is 67.2 Å². The number of carbonyl (C=O) groups is 1. The summed E-state index contributed by atoms with van der Waals surface area (Å²) in [4.78, 5) is 36.7. The van der Waals surface area contributed by atoms with Crippen LogP contribution in [0.1, 0.15) is 10.4 Å². The number of halogens is 1. The molecule has 1 amide bonds. The van der Waals surface area contributed by atoms with E-state index in [1.54, 1.807) is 0 Å². The molecule has 0 radical (unpaired) electrons. The second-order valence-electron chi connectivity index (χ2n) is 4.81. The normalized spacial score (nSPS) is 10.6. The third-order valence-electron chi connectivity index (χ3n) is 3.21. The molecule has 1 heterocycles. The predicted molar refractivity (Wildman–Crippen MR) is 92.3 cm³/mol. The van der Waals surface area contributed by atoms with Gasteiger partial charge in [0.1, 0.15) is 5.02 Å². The fourth-order valence-electron chi connectivity index (χ4n) is 2.05. The van der Waals surface area contributed by atoms with Crippen LogP contribution in [0.25, 0.3) is 10.2 Å². The van der Waals surface area contributed by atoms with Crippen LogP contribution in [0, 0.1) is 20.2 Å². The maximum Gasteiger partial charge on any atom is 0.287 e. The zero-order valence-corrected chi connectivity index (χ0v) is 13.7. The molecular formula is C14H7ClN4O5S. The number of rotatable bonds is 4. The lowest BCUT2D eigenvalue weighted by atomic mass is 10.2. The summed E-state index contributed by atoms with van der Waals surface area (Å²) in [6.07, 6.45) is 0. The molecule has 1 aromatic heterocycles. The molecule has 0 atom stereocenters. The quantitative estimate of drug-likeness (QED) is 0.539. The van der Waals surface area contributed by atoms with Crippen LogP contribution in [0.5, 0.6) is 0 Å². The van der Waals surface area contributed by atoms with Crippen molar-refractivity contribution in [3.8, 4) is 0 Å². The van der Waals surface area contributed by atoms with Crippen LogP contribution in [0.2, 0.25) is 5.02 Å². The third kappa shape index (κ3) is 3.39. The number of thiazole rings is 1. The number of benzene rings is 2. The number of nitro benzene ring substituents is 2. The van der Waals surface area contributed by atoms with E-state index in [9.17, 15) is 25.0 Å². The van der Waals surface area contributed by atoms with Gasteiger partial charge in [0.15, 0.2) is 5.13 Å². The number of carbonyl (C=O) groups excluding carboxylic acids is 1. The van der Waals surface area contributed by atoms with E-state index in [4.69, 9.17) is 11.6 Å². The molecule has 0 aliphatic rings. The third-order valence-corrected chi connectivity index (χ3v) is 4.45. The fraction of sp³-hybridized carbons (Fsp3) is 0. The van der Waals surface area contributed by atoms with Crippen molar-refractivity contribution < 1.29 is 14.6 Å². The summed E-state index contributed by atoms with van der Waals surface area (Å²) < 4.78 is 0.547. The van der Waals surface area contributed by atoms with Crippen molar-refractivity contribution in [3.63, 3.8) is 0 Å². The highest BCUT2D eigenvalue weighted by atomic mass is 35.5. The topological polar surface area (TPSA) is 128 Å². The van der Waals surface area contributed by atoms with Crippen molar-refractivity contribution in [1.82, 2.24) is 4.98 Å². The van der Waals surface area contributed by atoms with E-state index in [-0.39, 0.29) is 27.1 Å². The highest BCUT2D eigenvalue weighted by Gasteiger charge is 2.17. The van der Waals surface area contributed by atoms with Crippen LogP contribution in [-0.4, -0.2) is 20.7 Å². The largest absolute Gasteiger partial charge is 0.298 e. The summed E-state index contributed by atoms with van der Waals surface area (Å²) in [5, 5.41) is 24.1. The zero-order chi connectivity index (χ0) is 18.1. The molecule has 0 fully saturated rings. The summed E-state index contributed by atoms with van der Waals surface area (Å²) in [7, 11) is 0. The number of amides is 1. The second kappa shape index (κ2) is 6.42. The minimum absolute atomic E-state index is 0.0730. The van der Waals surface area contributed by atoms with Crippen LogP contribution in [0.15, 0.2) is 36.4 Å². The number of aromatic nitrogens is 1. The molecule has 25 heavy (non-hydrogen) atoms. The Morgan fingerprint density at radius 1 is 1.12 bits per heavy atom. The van der Waals surface area contributed by atoms with Gasteiger partial charge in [0.25, 0.3) is 17.3 Å². The summed E-state index contributed by atoms with van der Waals surface area (Å²) in [5.41, 5.74) is 0.259. The lowest BCUT2D eigenvalue weighted by Crippen LogP contribution is -2.11. The van der Waals surface area contributed by atoms with Crippen molar-refractivity contribution >= 4 is 55.6 Å². The Bertz CT molecular complexity index is 1040. The van der Waals surface area contributed by atoms with E-state index in [0.29, 0.717) is 10.2 Å². The van der Waals surface area contributed by atoms with Gasteiger partial charge in [0.2, 0.25) is 0 Å². The lowest BCUT2D eigenvalue weighted by Gasteiger charge is -2.02. The van der Waals surface area contributed by atoms with Gasteiger partial charge in [-0.05, 0) is 18.2 Å². The van der Waals surface area contributed by atoms with Crippen molar-refractivity contribution in [2.45, 2.75) is 0 Å². The van der Waals surface area contributed by atoms with Gasteiger partial charge in [0, 0.05) is 23.8 Å². The number of nitro groups is 2. The molecule has 0 bridgehead atoms. The molecule has 9 nitrogen and oxygen atoms in total. The highest BCUT2D eigenvalue weighted by Crippen LogP contribution is 2.30. The first-order valence-electron chi connectivity index (χ1n) is 6.65. The van der Waals surface area contributed by atoms with Crippen LogP contribution >= 0.6 is 22.9 Å². The Hall–Kier alpha value is -3.11. The Morgan fingerprint density at radius 3 is 2.52 bits per heavy atom. The summed E-state index contributed by atoms with van der Waals surface area (Å²) >= 11 is 6.86. The molecule has 3 aromatic rings. The summed E-state index contributed by atoms with van der Waals surface area (Å²) in [6.45, 7) is 0. The number of nitrogens with one attached hydrogen (secondary N) is 1. The molecule has 0 aliphatic heterocycles. The van der Waals surface area contributed by atoms with Gasteiger partial charge in [-0.15, -0.1) is 0 Å². The molecule has 0 spiro atoms. The number of non-ortho nitro benzene ring substituents is 1. The van der Waals surface area contributed by atoms with E-state index >= 15 is 0 Å². The second-order valence-corrected chi connectivity index (χ2v) is 6.24.